The molecule has 0 atom stereocenters. The van der Waals surface area contributed by atoms with Gasteiger partial charge in [-0.1, -0.05) is 30.3 Å². The maximum absolute atomic E-state index is 11.4. The van der Waals surface area contributed by atoms with E-state index in [0.29, 0.717) is 5.82 Å². The summed E-state index contributed by atoms with van der Waals surface area (Å²) in [4.78, 5) is 18.4. The number of rotatable bonds is 2. The zero-order valence-electron chi connectivity index (χ0n) is 9.90. The van der Waals surface area contributed by atoms with Gasteiger partial charge in [-0.15, -0.1) is 0 Å². The number of hydrogen-bond acceptors (Lipinski definition) is 3. The van der Waals surface area contributed by atoms with Crippen molar-refractivity contribution in [2.75, 3.05) is 5.73 Å². The highest BCUT2D eigenvalue weighted by atomic mass is 16.1. The quantitative estimate of drug-likeness (QED) is 0.823. The Morgan fingerprint density at radius 1 is 1.24 bits per heavy atom. The molecule has 88 valence electrons. The van der Waals surface area contributed by atoms with Crippen LogP contribution in [0.15, 0.2) is 41.2 Å². The Balaban J connectivity index is 2.55. The molecule has 2 aromatic rings. The number of benzene rings is 1. The predicted octanol–water partition coefficient (Wildman–Crippen LogP) is 1.68. The molecular formula is C13H15N3O. The van der Waals surface area contributed by atoms with E-state index in [0.717, 1.165) is 5.56 Å². The van der Waals surface area contributed by atoms with E-state index in [1.807, 2.05) is 44.2 Å². The van der Waals surface area contributed by atoms with E-state index in [1.54, 1.807) is 0 Å². The number of hydrogen-bond donors (Lipinski definition) is 2. The molecule has 0 aliphatic carbocycles. The van der Waals surface area contributed by atoms with Gasteiger partial charge in [-0.25, -0.2) is 4.98 Å². The van der Waals surface area contributed by atoms with Crippen molar-refractivity contribution in [2.45, 2.75) is 19.3 Å². The molecule has 0 saturated heterocycles. The first-order valence-electron chi connectivity index (χ1n) is 5.43. The molecule has 4 heteroatoms. The molecule has 0 aliphatic heterocycles. The van der Waals surface area contributed by atoms with Crippen LogP contribution in [0.25, 0.3) is 0 Å². The first kappa shape index (κ1) is 11.4. The standard InChI is InChI=1S/C13H15N3O/c1-13(2,9-6-4-3-5-7-9)12-15-10(14)8-11(17)16-12/h3-8H,1-2H3,(H3,14,15,16,17). The van der Waals surface area contributed by atoms with Crippen LogP contribution >= 0.6 is 0 Å². The molecule has 2 rings (SSSR count). The van der Waals surface area contributed by atoms with E-state index >= 15 is 0 Å². The van der Waals surface area contributed by atoms with E-state index in [2.05, 4.69) is 9.97 Å². The second-order valence-corrected chi connectivity index (χ2v) is 4.51. The summed E-state index contributed by atoms with van der Waals surface area (Å²) in [5.41, 5.74) is 6.08. The fourth-order valence-electron chi connectivity index (χ4n) is 1.76. The third-order valence-electron chi connectivity index (χ3n) is 2.85. The van der Waals surface area contributed by atoms with E-state index in [9.17, 15) is 4.79 Å². The summed E-state index contributed by atoms with van der Waals surface area (Å²) in [6.07, 6.45) is 0. The van der Waals surface area contributed by atoms with Crippen LogP contribution in [-0.2, 0) is 5.41 Å². The summed E-state index contributed by atoms with van der Waals surface area (Å²) in [5, 5.41) is 0. The van der Waals surface area contributed by atoms with E-state index in [4.69, 9.17) is 5.73 Å². The van der Waals surface area contributed by atoms with Crippen LogP contribution in [0.5, 0.6) is 0 Å². The molecule has 1 aromatic heterocycles. The van der Waals surface area contributed by atoms with Gasteiger partial charge in [0.05, 0.1) is 0 Å². The fraction of sp³-hybridized carbons (Fsp3) is 0.231. The lowest BCUT2D eigenvalue weighted by atomic mass is 9.84. The normalized spacial score (nSPS) is 11.4. The molecule has 0 aliphatic rings. The zero-order chi connectivity index (χ0) is 12.5. The molecule has 0 radical (unpaired) electrons. The lowest BCUT2D eigenvalue weighted by Crippen LogP contribution is -2.26. The lowest BCUT2D eigenvalue weighted by molar-refractivity contribution is 0.588. The first-order valence-corrected chi connectivity index (χ1v) is 5.43. The first-order chi connectivity index (χ1) is 8.00. The predicted molar refractivity (Wildman–Crippen MR) is 67.8 cm³/mol. The van der Waals surface area contributed by atoms with Gasteiger partial charge in [0, 0.05) is 11.5 Å². The van der Waals surface area contributed by atoms with Gasteiger partial charge in [0.25, 0.3) is 5.56 Å². The summed E-state index contributed by atoms with van der Waals surface area (Å²) < 4.78 is 0. The van der Waals surface area contributed by atoms with Crippen LogP contribution in [0.1, 0.15) is 25.2 Å². The van der Waals surface area contributed by atoms with Gasteiger partial charge in [0.15, 0.2) is 0 Å². The third kappa shape index (κ3) is 2.20. The molecule has 0 fully saturated rings. The maximum atomic E-state index is 11.4. The Morgan fingerprint density at radius 2 is 1.88 bits per heavy atom. The van der Waals surface area contributed by atoms with E-state index in [1.165, 1.54) is 6.07 Å². The SMILES string of the molecule is CC(C)(c1ccccc1)c1nc(N)cc(=O)[nH]1. The summed E-state index contributed by atoms with van der Waals surface area (Å²) in [5.74, 6) is 0.821. The van der Waals surface area contributed by atoms with Crippen molar-refractivity contribution in [3.63, 3.8) is 0 Å². The smallest absolute Gasteiger partial charge is 0.252 e. The van der Waals surface area contributed by atoms with Crippen LogP contribution < -0.4 is 11.3 Å². The van der Waals surface area contributed by atoms with Crippen LogP contribution in [0.4, 0.5) is 5.82 Å². The van der Waals surface area contributed by atoms with E-state index < -0.39 is 0 Å². The monoisotopic (exact) mass is 229 g/mol. The van der Waals surface area contributed by atoms with Gasteiger partial charge in [0.1, 0.15) is 11.6 Å². The molecular weight excluding hydrogens is 214 g/mol. The molecule has 0 spiro atoms. The van der Waals surface area contributed by atoms with Crippen LogP contribution in [0, 0.1) is 0 Å². The lowest BCUT2D eigenvalue weighted by Gasteiger charge is -2.24. The second-order valence-electron chi connectivity index (χ2n) is 4.51. The number of anilines is 1. The molecule has 0 bridgehead atoms. The Bertz CT molecular complexity index is 573. The molecule has 1 aromatic carbocycles. The van der Waals surface area contributed by atoms with Crippen molar-refractivity contribution in [2.24, 2.45) is 0 Å². The molecule has 0 saturated carbocycles. The number of nitrogens with zero attached hydrogens (tertiary/aromatic N) is 1. The highest BCUT2D eigenvalue weighted by Gasteiger charge is 2.25. The number of nitrogen functional groups attached to an aromatic ring is 1. The van der Waals surface area contributed by atoms with Gasteiger partial charge < -0.3 is 10.7 Å². The van der Waals surface area contributed by atoms with Crippen molar-refractivity contribution < 1.29 is 0 Å². The van der Waals surface area contributed by atoms with Crippen molar-refractivity contribution in [1.82, 2.24) is 9.97 Å². The van der Waals surface area contributed by atoms with Crippen LogP contribution in [0.3, 0.4) is 0 Å². The number of aromatic nitrogens is 2. The molecule has 1 heterocycles. The van der Waals surface area contributed by atoms with Gasteiger partial charge >= 0.3 is 0 Å². The van der Waals surface area contributed by atoms with Crippen molar-refractivity contribution >= 4 is 5.82 Å². The minimum atomic E-state index is -0.379. The Morgan fingerprint density at radius 3 is 2.47 bits per heavy atom. The number of H-pyrrole nitrogens is 1. The zero-order valence-corrected chi connectivity index (χ0v) is 9.90. The van der Waals surface area contributed by atoms with E-state index in [-0.39, 0.29) is 16.8 Å². The van der Waals surface area contributed by atoms with Gasteiger partial charge in [-0.2, -0.15) is 0 Å². The third-order valence-corrected chi connectivity index (χ3v) is 2.85. The molecule has 0 unspecified atom stereocenters. The molecule has 3 N–H and O–H groups in total. The number of nitrogens with one attached hydrogen (secondary N) is 1. The van der Waals surface area contributed by atoms with Crippen LogP contribution in [-0.4, -0.2) is 9.97 Å². The highest BCUT2D eigenvalue weighted by molar-refractivity contribution is 5.34. The van der Waals surface area contributed by atoms with Crippen molar-refractivity contribution in [3.8, 4) is 0 Å². The Kier molecular flexibility index (Phi) is 2.71. The minimum Gasteiger partial charge on any atom is -0.383 e. The van der Waals surface area contributed by atoms with Crippen LogP contribution in [0.2, 0.25) is 0 Å². The summed E-state index contributed by atoms with van der Waals surface area (Å²) >= 11 is 0. The average molecular weight is 229 g/mol. The van der Waals surface area contributed by atoms with Crippen molar-refractivity contribution in [1.29, 1.82) is 0 Å². The largest absolute Gasteiger partial charge is 0.383 e. The average Bonchev–Trinajstić information content (AvgIpc) is 2.29. The summed E-state index contributed by atoms with van der Waals surface area (Å²) in [6, 6.07) is 11.2. The van der Waals surface area contributed by atoms with Crippen molar-refractivity contribution in [3.05, 3.63) is 58.1 Å². The highest BCUT2D eigenvalue weighted by Crippen LogP contribution is 2.28. The van der Waals surface area contributed by atoms with Gasteiger partial charge in [-0.3, -0.25) is 4.79 Å². The second kappa shape index (κ2) is 4.05. The summed E-state index contributed by atoms with van der Waals surface area (Å²) in [7, 11) is 0. The number of nitrogens with two attached hydrogens (primary N) is 1. The maximum Gasteiger partial charge on any atom is 0.252 e. The number of aromatic amines is 1. The Labute approximate surface area is 99.5 Å². The molecule has 17 heavy (non-hydrogen) atoms. The summed E-state index contributed by atoms with van der Waals surface area (Å²) in [6.45, 7) is 4.00. The molecule has 0 amide bonds. The van der Waals surface area contributed by atoms with Gasteiger partial charge in [0.2, 0.25) is 0 Å². The fourth-order valence-corrected chi connectivity index (χ4v) is 1.76. The molecule has 4 nitrogen and oxygen atoms in total. The Hall–Kier alpha value is -2.10. The topological polar surface area (TPSA) is 71.8 Å². The minimum absolute atomic E-state index is 0.225. The van der Waals surface area contributed by atoms with Gasteiger partial charge in [-0.05, 0) is 19.4 Å².